The standard InChI is InChI=1S/C41H52FN5O4/c1-25-29-14-10-21-50-37(29)32(42)23-30(25)36-31-24-33(45(6)39(31)44-26(2)35(36)38(40(48)49)51-41(3,4)5)27-15-16-43-34(22-27)47-18-11-17-46(19-20-47)28-12-8-7-9-13-28/h15-16,22-24,28,38H,7-14,17-21H2,1-6H3,(H,48,49)/t38-/m0/s1. The first-order valence-electron chi connectivity index (χ1n) is 18.7. The number of aromatic nitrogens is 3. The number of nitrogens with zero attached hydrogens (tertiary/aromatic N) is 5. The molecule has 4 aromatic rings. The highest BCUT2D eigenvalue weighted by atomic mass is 19.1. The number of carboxylic acid groups (broad SMARTS) is 1. The highest BCUT2D eigenvalue weighted by Gasteiger charge is 2.35. The molecule has 272 valence electrons. The third kappa shape index (κ3) is 6.97. The summed E-state index contributed by atoms with van der Waals surface area (Å²) in [5, 5.41) is 11.4. The first-order valence-corrected chi connectivity index (χ1v) is 18.7. The number of aryl methyl sites for hydroxylation is 2. The Bertz CT molecular complexity index is 1940. The molecule has 1 aromatic carbocycles. The SMILES string of the molecule is Cc1nc2c(cc(-c3ccnc(N4CCCN(C5CCCCC5)CC4)c3)n2C)c(-c2cc(F)c3c(c2C)CCCO3)c1[C@H](OC(C)(C)C)C(=O)O. The summed E-state index contributed by atoms with van der Waals surface area (Å²) in [6, 6.07) is 8.44. The second-order valence-corrected chi connectivity index (χ2v) is 15.6. The zero-order valence-corrected chi connectivity index (χ0v) is 31.0. The van der Waals surface area contributed by atoms with Crippen LogP contribution in [0.3, 0.4) is 0 Å². The molecule has 1 saturated heterocycles. The molecule has 0 amide bonds. The Morgan fingerprint density at radius 2 is 1.82 bits per heavy atom. The summed E-state index contributed by atoms with van der Waals surface area (Å²) >= 11 is 0. The number of benzene rings is 1. The lowest BCUT2D eigenvalue weighted by Crippen LogP contribution is -2.39. The topological polar surface area (TPSA) is 93.0 Å². The number of aliphatic carboxylic acids is 1. The van der Waals surface area contributed by atoms with Gasteiger partial charge in [-0.1, -0.05) is 19.3 Å². The minimum absolute atomic E-state index is 0.292. The Kier molecular flexibility index (Phi) is 9.84. The first-order chi connectivity index (χ1) is 24.4. The van der Waals surface area contributed by atoms with Gasteiger partial charge in [-0.15, -0.1) is 0 Å². The summed E-state index contributed by atoms with van der Waals surface area (Å²) in [4.78, 5) is 27.9. The van der Waals surface area contributed by atoms with Gasteiger partial charge >= 0.3 is 5.97 Å². The van der Waals surface area contributed by atoms with E-state index in [9.17, 15) is 9.90 Å². The van der Waals surface area contributed by atoms with Gasteiger partial charge in [0, 0.05) is 78.8 Å². The van der Waals surface area contributed by atoms with Gasteiger partial charge in [-0.2, -0.15) is 0 Å². The molecule has 0 bridgehead atoms. The zero-order chi connectivity index (χ0) is 36.0. The molecular formula is C41H52FN5O4. The molecule has 7 rings (SSSR count). The normalized spacial score (nSPS) is 18.4. The molecular weight excluding hydrogens is 645 g/mol. The summed E-state index contributed by atoms with van der Waals surface area (Å²) in [5.41, 5.74) is 5.75. The number of fused-ring (bicyclic) bond motifs is 2. The van der Waals surface area contributed by atoms with E-state index in [1.807, 2.05) is 53.9 Å². The van der Waals surface area contributed by atoms with Crippen LogP contribution in [0.2, 0.25) is 0 Å². The molecule has 2 aliphatic heterocycles. The van der Waals surface area contributed by atoms with Gasteiger partial charge in [0.15, 0.2) is 17.7 Å². The number of hydrogen-bond donors (Lipinski definition) is 1. The summed E-state index contributed by atoms with van der Waals surface area (Å²) in [5.74, 6) is -0.327. The molecule has 0 spiro atoms. The monoisotopic (exact) mass is 697 g/mol. The van der Waals surface area contributed by atoms with E-state index in [1.165, 1.54) is 38.2 Å². The van der Waals surface area contributed by atoms with E-state index in [-0.39, 0.29) is 0 Å². The van der Waals surface area contributed by atoms with Crippen LogP contribution >= 0.6 is 0 Å². The number of ether oxygens (including phenoxy) is 2. The highest BCUT2D eigenvalue weighted by Crippen LogP contribution is 2.45. The van der Waals surface area contributed by atoms with Gasteiger partial charge in [0.25, 0.3) is 0 Å². The van der Waals surface area contributed by atoms with E-state index in [0.29, 0.717) is 52.9 Å². The van der Waals surface area contributed by atoms with Crippen LogP contribution < -0.4 is 9.64 Å². The third-order valence-electron chi connectivity index (χ3n) is 11.1. The van der Waals surface area contributed by atoms with Crippen LogP contribution in [0.4, 0.5) is 10.2 Å². The maximum Gasteiger partial charge on any atom is 0.337 e. The molecule has 0 unspecified atom stereocenters. The van der Waals surface area contributed by atoms with Crippen molar-refractivity contribution < 1.29 is 23.8 Å². The summed E-state index contributed by atoms with van der Waals surface area (Å²) in [6.45, 7) is 13.9. The van der Waals surface area contributed by atoms with Crippen molar-refractivity contribution in [2.24, 2.45) is 7.05 Å². The summed E-state index contributed by atoms with van der Waals surface area (Å²) in [6.07, 6.45) is 9.80. The van der Waals surface area contributed by atoms with Gasteiger partial charge in [0.1, 0.15) is 11.5 Å². The molecule has 1 atom stereocenters. The minimum Gasteiger partial charge on any atom is -0.490 e. The predicted octanol–water partition coefficient (Wildman–Crippen LogP) is 8.17. The minimum atomic E-state index is -1.32. The van der Waals surface area contributed by atoms with E-state index in [1.54, 1.807) is 0 Å². The Hall–Kier alpha value is -4.02. The number of halogens is 1. The fourth-order valence-electron chi connectivity index (χ4n) is 8.58. The Balaban J connectivity index is 1.35. The van der Waals surface area contributed by atoms with Crippen LogP contribution in [0, 0.1) is 19.7 Å². The van der Waals surface area contributed by atoms with Crippen molar-refractivity contribution in [3.8, 4) is 28.1 Å². The van der Waals surface area contributed by atoms with E-state index < -0.39 is 23.5 Å². The molecule has 3 aliphatic rings. The van der Waals surface area contributed by atoms with Crippen LogP contribution in [-0.2, 0) is 23.0 Å². The molecule has 5 heterocycles. The lowest BCUT2D eigenvalue weighted by Gasteiger charge is -2.33. The van der Waals surface area contributed by atoms with Crippen molar-refractivity contribution in [1.82, 2.24) is 19.4 Å². The fraction of sp³-hybridized carbons (Fsp3) is 0.537. The van der Waals surface area contributed by atoms with Gasteiger partial charge in [-0.3, -0.25) is 4.90 Å². The van der Waals surface area contributed by atoms with Crippen molar-refractivity contribution in [1.29, 1.82) is 0 Å². The Morgan fingerprint density at radius 3 is 2.57 bits per heavy atom. The van der Waals surface area contributed by atoms with Crippen molar-refractivity contribution in [3.63, 3.8) is 0 Å². The molecule has 1 N–H and O–H groups in total. The molecule has 9 nitrogen and oxygen atoms in total. The second-order valence-electron chi connectivity index (χ2n) is 15.6. The number of hydrogen-bond acceptors (Lipinski definition) is 7. The maximum absolute atomic E-state index is 15.9. The molecule has 10 heteroatoms. The van der Waals surface area contributed by atoms with Crippen LogP contribution in [0.15, 0.2) is 30.5 Å². The molecule has 1 aliphatic carbocycles. The maximum atomic E-state index is 15.9. The average molecular weight is 698 g/mol. The second kappa shape index (κ2) is 14.2. The van der Waals surface area contributed by atoms with E-state index in [0.717, 1.165) is 72.6 Å². The highest BCUT2D eigenvalue weighted by molar-refractivity contribution is 6.01. The lowest BCUT2D eigenvalue weighted by atomic mass is 9.86. The van der Waals surface area contributed by atoms with Crippen LogP contribution in [-0.4, -0.2) is 74.9 Å². The van der Waals surface area contributed by atoms with Crippen LogP contribution in [0.5, 0.6) is 5.75 Å². The smallest absolute Gasteiger partial charge is 0.337 e. The summed E-state index contributed by atoms with van der Waals surface area (Å²) < 4.78 is 30.0. The van der Waals surface area contributed by atoms with Crippen LogP contribution in [0.1, 0.15) is 94.2 Å². The first kappa shape index (κ1) is 35.4. The number of carbonyl (C=O) groups is 1. The van der Waals surface area contributed by atoms with Crippen molar-refractivity contribution in [3.05, 3.63) is 58.7 Å². The summed E-state index contributed by atoms with van der Waals surface area (Å²) in [7, 11) is 1.98. The Morgan fingerprint density at radius 1 is 1.04 bits per heavy atom. The number of anilines is 1. The molecule has 51 heavy (non-hydrogen) atoms. The van der Waals surface area contributed by atoms with Crippen molar-refractivity contribution in [2.75, 3.05) is 37.7 Å². The predicted molar refractivity (Wildman–Crippen MR) is 199 cm³/mol. The Labute approximate surface area is 300 Å². The average Bonchev–Trinajstić information content (AvgIpc) is 3.26. The van der Waals surface area contributed by atoms with E-state index in [4.69, 9.17) is 19.4 Å². The molecule has 0 radical (unpaired) electrons. The van der Waals surface area contributed by atoms with Gasteiger partial charge < -0.3 is 24.0 Å². The van der Waals surface area contributed by atoms with Crippen molar-refractivity contribution >= 4 is 22.8 Å². The van der Waals surface area contributed by atoms with Gasteiger partial charge in [0.05, 0.1) is 17.9 Å². The molecule has 1 saturated carbocycles. The quantitative estimate of drug-likeness (QED) is 0.207. The zero-order valence-electron chi connectivity index (χ0n) is 31.0. The molecule has 3 aromatic heterocycles. The lowest BCUT2D eigenvalue weighted by molar-refractivity contribution is -0.160. The van der Waals surface area contributed by atoms with E-state index >= 15 is 4.39 Å². The van der Waals surface area contributed by atoms with E-state index in [2.05, 4.69) is 26.5 Å². The molecule has 2 fully saturated rings. The van der Waals surface area contributed by atoms with Crippen molar-refractivity contribution in [2.45, 2.75) is 104 Å². The largest absolute Gasteiger partial charge is 0.490 e. The fourth-order valence-corrected chi connectivity index (χ4v) is 8.58. The third-order valence-corrected chi connectivity index (χ3v) is 11.1. The number of rotatable bonds is 7. The number of carboxylic acids is 1. The van der Waals surface area contributed by atoms with Gasteiger partial charge in [0.2, 0.25) is 0 Å². The number of pyridine rings is 2. The van der Waals surface area contributed by atoms with Gasteiger partial charge in [-0.05, 0) is 102 Å². The van der Waals surface area contributed by atoms with Gasteiger partial charge in [-0.25, -0.2) is 19.2 Å². The van der Waals surface area contributed by atoms with Crippen LogP contribution in [0.25, 0.3) is 33.4 Å².